The van der Waals surface area contributed by atoms with Crippen molar-refractivity contribution in [3.05, 3.63) is 58.6 Å². The molecule has 0 radical (unpaired) electrons. The van der Waals surface area contributed by atoms with Gasteiger partial charge in [0.1, 0.15) is 5.75 Å². The molecule has 2 rings (SSSR count). The van der Waals surface area contributed by atoms with Crippen LogP contribution in [0.4, 0.5) is 5.69 Å². The number of rotatable bonds is 7. The highest BCUT2D eigenvalue weighted by molar-refractivity contribution is 9.10. The highest BCUT2D eigenvalue weighted by Crippen LogP contribution is 2.23. The zero-order valence-corrected chi connectivity index (χ0v) is 14.9. The quantitative estimate of drug-likeness (QED) is 0.762. The fraction of sp³-hybridized carbons (Fsp3) is 0.222. The fourth-order valence-electron chi connectivity index (χ4n) is 2.10. The molecule has 0 saturated carbocycles. The number of ether oxygens (including phenoxy) is 1. The highest BCUT2D eigenvalue weighted by Gasteiger charge is 2.10. The molecule has 0 aliphatic rings. The second-order valence-electron chi connectivity index (χ2n) is 5.02. The topological polar surface area (TPSA) is 67.4 Å². The highest BCUT2D eigenvalue weighted by atomic mass is 79.9. The average Bonchev–Trinajstić information content (AvgIpc) is 2.57. The normalized spacial score (nSPS) is 10.1. The first-order valence-electron chi connectivity index (χ1n) is 7.62. The Morgan fingerprint density at radius 2 is 1.75 bits per heavy atom. The standard InChI is InChI=1S/C18H19BrN2O3/c1-2-24-16-10-6-5-9-15(16)21-18(23)12-20-17(22)11-13-7-3-4-8-14(13)19/h3-10H,2,11-12H2,1H3,(H,20,22)(H,21,23). The van der Waals surface area contributed by atoms with Gasteiger partial charge in [0, 0.05) is 4.47 Å². The van der Waals surface area contributed by atoms with Gasteiger partial charge in [-0.1, -0.05) is 46.3 Å². The minimum atomic E-state index is -0.303. The molecule has 2 N–H and O–H groups in total. The van der Waals surface area contributed by atoms with Crippen LogP contribution in [0.3, 0.4) is 0 Å². The molecular weight excluding hydrogens is 372 g/mol. The van der Waals surface area contributed by atoms with Crippen LogP contribution in [0.15, 0.2) is 53.0 Å². The molecule has 126 valence electrons. The van der Waals surface area contributed by atoms with E-state index < -0.39 is 0 Å². The maximum absolute atomic E-state index is 12.0. The van der Waals surface area contributed by atoms with Gasteiger partial charge in [-0.15, -0.1) is 0 Å². The van der Waals surface area contributed by atoms with E-state index in [0.29, 0.717) is 18.0 Å². The minimum Gasteiger partial charge on any atom is -0.492 e. The molecule has 0 saturated heterocycles. The Hall–Kier alpha value is -2.34. The Bertz CT molecular complexity index is 719. The van der Waals surface area contributed by atoms with Crippen molar-refractivity contribution >= 4 is 33.4 Å². The Labute approximate surface area is 149 Å². The molecule has 2 aromatic rings. The molecule has 0 atom stereocenters. The van der Waals surface area contributed by atoms with E-state index in [0.717, 1.165) is 10.0 Å². The van der Waals surface area contributed by atoms with Crippen LogP contribution >= 0.6 is 15.9 Å². The molecule has 2 amide bonds. The molecule has 0 aliphatic carbocycles. The molecule has 0 heterocycles. The van der Waals surface area contributed by atoms with Crippen LogP contribution in [0.2, 0.25) is 0 Å². The van der Waals surface area contributed by atoms with Gasteiger partial charge in [-0.05, 0) is 30.7 Å². The van der Waals surface area contributed by atoms with Crippen LogP contribution in [0, 0.1) is 0 Å². The Balaban J connectivity index is 1.85. The number of para-hydroxylation sites is 2. The van der Waals surface area contributed by atoms with Gasteiger partial charge < -0.3 is 15.4 Å². The third-order valence-corrected chi connectivity index (χ3v) is 3.99. The first kappa shape index (κ1) is 18.0. The Morgan fingerprint density at radius 3 is 2.50 bits per heavy atom. The third kappa shape index (κ3) is 5.38. The van der Waals surface area contributed by atoms with Crippen LogP contribution in [-0.4, -0.2) is 25.0 Å². The van der Waals surface area contributed by atoms with Crippen molar-refractivity contribution in [1.29, 1.82) is 0 Å². The van der Waals surface area contributed by atoms with Gasteiger partial charge in [0.2, 0.25) is 11.8 Å². The van der Waals surface area contributed by atoms with Crippen molar-refractivity contribution in [2.45, 2.75) is 13.3 Å². The molecule has 0 bridgehead atoms. The summed E-state index contributed by atoms with van der Waals surface area (Å²) in [6.45, 7) is 2.29. The lowest BCUT2D eigenvalue weighted by Gasteiger charge is -2.11. The van der Waals surface area contributed by atoms with E-state index in [1.54, 1.807) is 12.1 Å². The summed E-state index contributed by atoms with van der Waals surface area (Å²) in [6.07, 6.45) is 0.213. The Morgan fingerprint density at radius 1 is 1.04 bits per heavy atom. The van der Waals surface area contributed by atoms with Gasteiger partial charge in [0.25, 0.3) is 0 Å². The van der Waals surface area contributed by atoms with Crippen molar-refractivity contribution in [1.82, 2.24) is 5.32 Å². The molecule has 0 aliphatic heterocycles. The molecule has 6 heteroatoms. The minimum absolute atomic E-state index is 0.0935. The maximum atomic E-state index is 12.0. The van der Waals surface area contributed by atoms with Crippen LogP contribution in [0.5, 0.6) is 5.75 Å². The monoisotopic (exact) mass is 390 g/mol. The van der Waals surface area contributed by atoms with Gasteiger partial charge in [-0.2, -0.15) is 0 Å². The average molecular weight is 391 g/mol. The second-order valence-corrected chi connectivity index (χ2v) is 5.88. The number of hydrogen-bond acceptors (Lipinski definition) is 3. The lowest BCUT2D eigenvalue weighted by Crippen LogP contribution is -2.33. The third-order valence-electron chi connectivity index (χ3n) is 3.22. The van der Waals surface area contributed by atoms with Crippen molar-refractivity contribution < 1.29 is 14.3 Å². The van der Waals surface area contributed by atoms with Crippen molar-refractivity contribution in [2.75, 3.05) is 18.5 Å². The predicted molar refractivity (Wildman–Crippen MR) is 97.1 cm³/mol. The first-order valence-corrected chi connectivity index (χ1v) is 8.41. The zero-order valence-electron chi connectivity index (χ0n) is 13.3. The summed E-state index contributed by atoms with van der Waals surface area (Å²) in [7, 11) is 0. The second kappa shape index (κ2) is 9.08. The molecule has 0 spiro atoms. The van der Waals surface area contributed by atoms with E-state index in [-0.39, 0.29) is 24.8 Å². The van der Waals surface area contributed by atoms with Crippen LogP contribution in [0.1, 0.15) is 12.5 Å². The molecular formula is C18H19BrN2O3. The summed E-state index contributed by atoms with van der Waals surface area (Å²) < 4.78 is 6.32. The molecule has 5 nitrogen and oxygen atoms in total. The molecule has 0 fully saturated rings. The smallest absolute Gasteiger partial charge is 0.243 e. The van der Waals surface area contributed by atoms with Crippen molar-refractivity contribution in [2.24, 2.45) is 0 Å². The van der Waals surface area contributed by atoms with Gasteiger partial charge in [-0.3, -0.25) is 9.59 Å². The number of nitrogens with one attached hydrogen (secondary N) is 2. The SMILES string of the molecule is CCOc1ccccc1NC(=O)CNC(=O)Cc1ccccc1Br. The molecule has 0 aromatic heterocycles. The lowest BCUT2D eigenvalue weighted by atomic mass is 10.1. The van der Waals surface area contributed by atoms with E-state index in [1.807, 2.05) is 43.3 Å². The maximum Gasteiger partial charge on any atom is 0.243 e. The van der Waals surface area contributed by atoms with Gasteiger partial charge in [0.15, 0.2) is 0 Å². The van der Waals surface area contributed by atoms with Gasteiger partial charge in [0.05, 0.1) is 25.3 Å². The van der Waals surface area contributed by atoms with Crippen LogP contribution in [-0.2, 0) is 16.0 Å². The summed E-state index contributed by atoms with van der Waals surface area (Å²) >= 11 is 3.40. The van der Waals surface area contributed by atoms with E-state index in [9.17, 15) is 9.59 Å². The lowest BCUT2D eigenvalue weighted by molar-refractivity contribution is -0.123. The summed E-state index contributed by atoms with van der Waals surface area (Å²) in [5.74, 6) is 0.0886. The number of carbonyl (C=O) groups excluding carboxylic acids is 2. The summed E-state index contributed by atoms with van der Waals surface area (Å²) in [6, 6.07) is 14.7. The van der Waals surface area contributed by atoms with E-state index in [2.05, 4.69) is 26.6 Å². The van der Waals surface area contributed by atoms with E-state index in [1.165, 1.54) is 0 Å². The molecule has 2 aromatic carbocycles. The first-order chi connectivity index (χ1) is 11.6. The summed E-state index contributed by atoms with van der Waals surface area (Å²) in [5.41, 5.74) is 1.46. The largest absolute Gasteiger partial charge is 0.492 e. The number of amides is 2. The van der Waals surface area contributed by atoms with Gasteiger partial charge >= 0.3 is 0 Å². The van der Waals surface area contributed by atoms with Gasteiger partial charge in [-0.25, -0.2) is 0 Å². The molecule has 24 heavy (non-hydrogen) atoms. The Kier molecular flexibility index (Phi) is 6.81. The number of carbonyl (C=O) groups is 2. The summed E-state index contributed by atoms with van der Waals surface area (Å²) in [4.78, 5) is 24.0. The summed E-state index contributed by atoms with van der Waals surface area (Å²) in [5, 5.41) is 5.36. The van der Waals surface area contributed by atoms with E-state index in [4.69, 9.17) is 4.74 Å². The molecule has 0 unspecified atom stereocenters. The zero-order chi connectivity index (χ0) is 17.4. The van der Waals surface area contributed by atoms with Crippen molar-refractivity contribution in [3.63, 3.8) is 0 Å². The van der Waals surface area contributed by atoms with Crippen molar-refractivity contribution in [3.8, 4) is 5.75 Å². The number of halogens is 1. The predicted octanol–water partition coefficient (Wildman–Crippen LogP) is 3.15. The van der Waals surface area contributed by atoms with Crippen LogP contribution < -0.4 is 15.4 Å². The fourth-order valence-corrected chi connectivity index (χ4v) is 2.53. The van der Waals surface area contributed by atoms with Crippen LogP contribution in [0.25, 0.3) is 0 Å². The number of anilines is 1. The van der Waals surface area contributed by atoms with E-state index >= 15 is 0 Å². The number of benzene rings is 2. The number of hydrogen-bond donors (Lipinski definition) is 2.